The number of nitrogens with zero attached hydrogens (tertiary/aromatic N) is 2. The first kappa shape index (κ1) is 13.9. The molecule has 1 atom stereocenters. The van der Waals surface area contributed by atoms with E-state index in [2.05, 4.69) is 20.9 Å². The lowest BCUT2D eigenvalue weighted by atomic mass is 10.0. The van der Waals surface area contributed by atoms with Crippen molar-refractivity contribution in [1.82, 2.24) is 4.98 Å². The van der Waals surface area contributed by atoms with E-state index in [0.29, 0.717) is 15.3 Å². The quantitative estimate of drug-likeness (QED) is 0.850. The highest BCUT2D eigenvalue weighted by atomic mass is 79.9. The number of anilines is 1. The Balaban J connectivity index is 2.23. The van der Waals surface area contributed by atoms with E-state index in [4.69, 9.17) is 11.6 Å². The summed E-state index contributed by atoms with van der Waals surface area (Å²) in [5.41, 5.74) is -2.67. The fourth-order valence-corrected chi connectivity index (χ4v) is 2.74. The van der Waals surface area contributed by atoms with Gasteiger partial charge in [-0.25, -0.2) is 4.98 Å². The molecule has 1 aromatic heterocycles. The lowest BCUT2D eigenvalue weighted by Gasteiger charge is -2.26. The molecule has 0 bridgehead atoms. The normalized spacial score (nSPS) is 24.7. The van der Waals surface area contributed by atoms with Crippen molar-refractivity contribution in [1.29, 1.82) is 0 Å². The topological polar surface area (TPSA) is 36.4 Å². The van der Waals surface area contributed by atoms with E-state index in [1.807, 2.05) is 0 Å². The summed E-state index contributed by atoms with van der Waals surface area (Å²) in [5, 5.41) is 9.95. The molecule has 2 heterocycles. The van der Waals surface area contributed by atoms with E-state index in [9.17, 15) is 18.3 Å². The van der Waals surface area contributed by atoms with Gasteiger partial charge in [-0.15, -0.1) is 0 Å². The van der Waals surface area contributed by atoms with Crippen molar-refractivity contribution in [3.8, 4) is 0 Å². The minimum atomic E-state index is -4.64. The molecule has 100 valence electrons. The summed E-state index contributed by atoms with van der Waals surface area (Å²) in [6.07, 6.45) is -3.65. The highest BCUT2D eigenvalue weighted by Crippen LogP contribution is 2.40. The molecular weight excluding hydrogens is 336 g/mol. The number of aromatic nitrogens is 1. The summed E-state index contributed by atoms with van der Waals surface area (Å²) in [4.78, 5) is 5.36. The van der Waals surface area contributed by atoms with Gasteiger partial charge in [0.25, 0.3) is 0 Å². The summed E-state index contributed by atoms with van der Waals surface area (Å²) in [5.74, 6) is 0.347. The van der Waals surface area contributed by atoms with Crippen LogP contribution in [0.3, 0.4) is 0 Å². The van der Waals surface area contributed by atoms with Gasteiger partial charge in [0.1, 0.15) is 5.82 Å². The Morgan fingerprint density at radius 2 is 2.17 bits per heavy atom. The molecule has 0 spiro atoms. The molecule has 1 fully saturated rings. The summed E-state index contributed by atoms with van der Waals surface area (Å²) in [6, 6.07) is 1.55. The lowest BCUT2D eigenvalue weighted by Crippen LogP contribution is -2.47. The molecule has 0 amide bonds. The monoisotopic (exact) mass is 344 g/mol. The minimum absolute atomic E-state index is 0.0865. The van der Waals surface area contributed by atoms with Crippen molar-refractivity contribution in [2.75, 3.05) is 18.0 Å². The minimum Gasteiger partial charge on any atom is -0.379 e. The van der Waals surface area contributed by atoms with E-state index in [-0.39, 0.29) is 13.0 Å². The highest BCUT2D eigenvalue weighted by Gasteiger charge is 2.57. The van der Waals surface area contributed by atoms with Crippen LogP contribution < -0.4 is 4.90 Å². The molecular formula is C10H9BrClF3N2O. The van der Waals surface area contributed by atoms with Crippen LogP contribution in [-0.4, -0.2) is 35.0 Å². The second-order valence-corrected chi connectivity index (χ2v) is 5.45. The Bertz CT molecular complexity index is 471. The van der Waals surface area contributed by atoms with E-state index in [1.165, 1.54) is 11.1 Å². The van der Waals surface area contributed by atoms with Gasteiger partial charge in [-0.1, -0.05) is 11.6 Å². The van der Waals surface area contributed by atoms with Gasteiger partial charge in [0.15, 0.2) is 5.60 Å². The Kier molecular flexibility index (Phi) is 3.50. The van der Waals surface area contributed by atoms with Crippen molar-refractivity contribution >= 4 is 33.3 Å². The van der Waals surface area contributed by atoms with Gasteiger partial charge in [0.2, 0.25) is 0 Å². The molecule has 1 saturated heterocycles. The molecule has 0 radical (unpaired) electrons. The van der Waals surface area contributed by atoms with Crippen LogP contribution in [0.5, 0.6) is 0 Å². The average Bonchev–Trinajstić information content (AvgIpc) is 2.61. The summed E-state index contributed by atoms with van der Waals surface area (Å²) in [7, 11) is 0. The summed E-state index contributed by atoms with van der Waals surface area (Å²) >= 11 is 8.91. The van der Waals surface area contributed by atoms with E-state index in [0.717, 1.165) is 0 Å². The first-order chi connectivity index (χ1) is 8.23. The molecule has 1 aliphatic heterocycles. The maximum atomic E-state index is 12.7. The van der Waals surface area contributed by atoms with Crippen LogP contribution in [-0.2, 0) is 0 Å². The predicted molar refractivity (Wildman–Crippen MR) is 64.8 cm³/mol. The molecule has 1 aromatic rings. The van der Waals surface area contributed by atoms with Gasteiger partial charge in [-0.2, -0.15) is 13.2 Å². The zero-order chi connectivity index (χ0) is 13.6. The molecule has 0 aromatic carbocycles. The second-order valence-electron chi connectivity index (χ2n) is 4.16. The van der Waals surface area contributed by atoms with Gasteiger partial charge < -0.3 is 10.0 Å². The molecule has 1 unspecified atom stereocenters. The molecule has 1 aliphatic rings. The van der Waals surface area contributed by atoms with Gasteiger partial charge in [-0.3, -0.25) is 0 Å². The number of aliphatic hydroxyl groups is 1. The fourth-order valence-electron chi connectivity index (χ4n) is 1.85. The highest BCUT2D eigenvalue weighted by molar-refractivity contribution is 9.10. The number of rotatable bonds is 1. The van der Waals surface area contributed by atoms with Gasteiger partial charge in [0.05, 0.1) is 16.0 Å². The third-order valence-corrected chi connectivity index (χ3v) is 3.65. The van der Waals surface area contributed by atoms with Crippen molar-refractivity contribution in [3.05, 3.63) is 21.8 Å². The zero-order valence-electron chi connectivity index (χ0n) is 9.01. The smallest absolute Gasteiger partial charge is 0.379 e. The van der Waals surface area contributed by atoms with Gasteiger partial charge in [0, 0.05) is 19.2 Å². The number of hydrogen-bond acceptors (Lipinski definition) is 3. The molecule has 0 saturated carbocycles. The van der Waals surface area contributed by atoms with Gasteiger partial charge >= 0.3 is 6.18 Å². The van der Waals surface area contributed by atoms with Crippen LogP contribution in [0.15, 0.2) is 16.7 Å². The third-order valence-electron chi connectivity index (χ3n) is 2.86. The molecule has 1 N–H and O–H groups in total. The number of β-amino-alcohol motifs (C(OH)–C–C–N with tert-alkyl or cyclic N) is 1. The van der Waals surface area contributed by atoms with Crippen LogP contribution in [0.25, 0.3) is 0 Å². The first-order valence-corrected chi connectivity index (χ1v) is 6.25. The van der Waals surface area contributed by atoms with E-state index >= 15 is 0 Å². The molecule has 0 aliphatic carbocycles. The SMILES string of the molecule is OC1(C(F)(F)F)CCN(c2ncc(Cl)cc2Br)C1. The van der Waals surface area contributed by atoms with E-state index < -0.39 is 18.3 Å². The van der Waals surface area contributed by atoms with Crippen molar-refractivity contribution in [3.63, 3.8) is 0 Å². The van der Waals surface area contributed by atoms with Crippen LogP contribution in [0.4, 0.5) is 19.0 Å². The standard InChI is InChI=1S/C10H9BrClF3N2O/c11-7-3-6(12)4-16-8(7)17-2-1-9(18,5-17)10(13,14)15/h3-4,18H,1-2,5H2. The van der Waals surface area contributed by atoms with Crippen molar-refractivity contribution < 1.29 is 18.3 Å². The van der Waals surface area contributed by atoms with Crippen LogP contribution in [0.1, 0.15) is 6.42 Å². The molecule has 8 heteroatoms. The molecule has 18 heavy (non-hydrogen) atoms. The van der Waals surface area contributed by atoms with Crippen LogP contribution in [0.2, 0.25) is 5.02 Å². The first-order valence-electron chi connectivity index (χ1n) is 5.08. The lowest BCUT2D eigenvalue weighted by molar-refractivity contribution is -0.250. The Hall–Kier alpha value is -0.530. The average molecular weight is 346 g/mol. The van der Waals surface area contributed by atoms with Gasteiger partial charge in [-0.05, 0) is 22.0 Å². The number of alkyl halides is 3. The number of halogens is 5. The fraction of sp³-hybridized carbons (Fsp3) is 0.500. The predicted octanol–water partition coefficient (Wildman–Crippen LogP) is 3.00. The summed E-state index contributed by atoms with van der Waals surface area (Å²) in [6.45, 7) is -0.438. The maximum absolute atomic E-state index is 12.7. The van der Waals surface area contributed by atoms with Crippen LogP contribution in [0, 0.1) is 0 Å². The maximum Gasteiger partial charge on any atom is 0.418 e. The Morgan fingerprint density at radius 3 is 2.67 bits per heavy atom. The van der Waals surface area contributed by atoms with Crippen molar-refractivity contribution in [2.45, 2.75) is 18.2 Å². The van der Waals surface area contributed by atoms with Crippen molar-refractivity contribution in [2.24, 2.45) is 0 Å². The Labute approximate surface area is 115 Å². The van der Waals surface area contributed by atoms with Crippen LogP contribution >= 0.6 is 27.5 Å². The summed E-state index contributed by atoms with van der Waals surface area (Å²) < 4.78 is 38.5. The largest absolute Gasteiger partial charge is 0.418 e. The zero-order valence-corrected chi connectivity index (χ0v) is 11.3. The molecule has 3 nitrogen and oxygen atoms in total. The number of pyridine rings is 1. The Morgan fingerprint density at radius 1 is 1.50 bits per heavy atom. The number of hydrogen-bond donors (Lipinski definition) is 1. The van der Waals surface area contributed by atoms with E-state index in [1.54, 1.807) is 6.07 Å². The molecule has 2 rings (SSSR count). The second kappa shape index (κ2) is 4.54. The third kappa shape index (κ3) is 2.44.